The van der Waals surface area contributed by atoms with Crippen LogP contribution in [0.3, 0.4) is 0 Å². The minimum atomic E-state index is -0.782. The summed E-state index contributed by atoms with van der Waals surface area (Å²) in [6.45, 7) is 2.32. The summed E-state index contributed by atoms with van der Waals surface area (Å²) < 4.78 is 10.7. The van der Waals surface area contributed by atoms with E-state index in [-0.39, 0.29) is 12.1 Å². The molecule has 2 fully saturated rings. The first kappa shape index (κ1) is 9.16. The number of hydrazone groups is 1. The Hall–Kier alpha value is -1.41. The van der Waals surface area contributed by atoms with Crippen molar-refractivity contribution >= 4 is 5.96 Å². The van der Waals surface area contributed by atoms with Crippen molar-refractivity contribution in [2.75, 3.05) is 6.61 Å². The number of nitro groups is 1. The van der Waals surface area contributed by atoms with Crippen LogP contribution >= 0.6 is 0 Å². The van der Waals surface area contributed by atoms with Crippen molar-refractivity contribution in [2.24, 2.45) is 5.10 Å². The van der Waals surface area contributed by atoms with Crippen LogP contribution in [0, 0.1) is 10.1 Å². The number of hydrogen-bond donors (Lipinski definition) is 2. The Labute approximate surface area is 79.4 Å². The van der Waals surface area contributed by atoms with Gasteiger partial charge in [-0.3, -0.25) is 0 Å². The van der Waals surface area contributed by atoms with E-state index in [9.17, 15) is 10.1 Å². The Bertz CT molecular complexity index is 281. The molecule has 78 valence electrons. The quantitative estimate of drug-likeness (QED) is 0.410. The SMILES string of the molecule is C[C@@H]1CO[C@@H]2N/C(=N/[N+](=O)[O-])N[C@@H]2O1. The summed E-state index contributed by atoms with van der Waals surface area (Å²) in [7, 11) is 0. The molecule has 2 aliphatic heterocycles. The molecule has 2 rings (SSSR count). The zero-order valence-electron chi connectivity index (χ0n) is 7.47. The molecule has 0 radical (unpaired) electrons. The monoisotopic (exact) mass is 202 g/mol. The van der Waals surface area contributed by atoms with E-state index in [1.165, 1.54) is 0 Å². The summed E-state index contributed by atoms with van der Waals surface area (Å²) in [5.41, 5.74) is 0. The Morgan fingerprint density at radius 1 is 1.57 bits per heavy atom. The van der Waals surface area contributed by atoms with Crippen LogP contribution in [-0.4, -0.2) is 36.2 Å². The summed E-state index contributed by atoms with van der Waals surface area (Å²) in [4.78, 5) is 10.1. The van der Waals surface area contributed by atoms with Crippen molar-refractivity contribution in [1.29, 1.82) is 0 Å². The summed E-state index contributed by atoms with van der Waals surface area (Å²) in [5, 5.41) is 17.8. The first-order chi connectivity index (χ1) is 6.65. The van der Waals surface area contributed by atoms with Gasteiger partial charge in [0.05, 0.1) is 12.7 Å². The highest BCUT2D eigenvalue weighted by atomic mass is 16.7. The third-order valence-corrected chi connectivity index (χ3v) is 1.90. The van der Waals surface area contributed by atoms with Gasteiger partial charge >= 0.3 is 0 Å². The third kappa shape index (κ3) is 1.75. The molecule has 8 heteroatoms. The fourth-order valence-electron chi connectivity index (χ4n) is 1.37. The van der Waals surface area contributed by atoms with Crippen LogP contribution in [0.15, 0.2) is 5.10 Å². The van der Waals surface area contributed by atoms with Crippen LogP contribution < -0.4 is 10.6 Å². The van der Waals surface area contributed by atoms with E-state index in [2.05, 4.69) is 15.7 Å². The van der Waals surface area contributed by atoms with E-state index in [1.54, 1.807) is 0 Å². The molecule has 2 aliphatic rings. The second-order valence-corrected chi connectivity index (χ2v) is 3.10. The Balaban J connectivity index is 2.02. The molecule has 0 aliphatic carbocycles. The summed E-state index contributed by atoms with van der Waals surface area (Å²) in [5.74, 6) is 0.0686. The van der Waals surface area contributed by atoms with Gasteiger partial charge in [0.2, 0.25) is 0 Å². The van der Waals surface area contributed by atoms with Crippen molar-refractivity contribution in [3.05, 3.63) is 10.1 Å². The number of hydrogen-bond acceptors (Lipinski definition) is 4. The van der Waals surface area contributed by atoms with Gasteiger partial charge in [0, 0.05) is 0 Å². The molecule has 8 nitrogen and oxygen atoms in total. The fourth-order valence-corrected chi connectivity index (χ4v) is 1.37. The Morgan fingerprint density at radius 2 is 2.29 bits per heavy atom. The van der Waals surface area contributed by atoms with Crippen LogP contribution in [0.2, 0.25) is 0 Å². The van der Waals surface area contributed by atoms with Gasteiger partial charge in [0.25, 0.3) is 5.96 Å². The largest absolute Gasteiger partial charge is 0.351 e. The van der Waals surface area contributed by atoms with E-state index >= 15 is 0 Å². The molecule has 0 aromatic heterocycles. The average Bonchev–Trinajstić information content (AvgIpc) is 2.44. The Morgan fingerprint density at radius 3 is 3.00 bits per heavy atom. The molecule has 0 spiro atoms. The van der Waals surface area contributed by atoms with Crippen LogP contribution in [0.5, 0.6) is 0 Å². The number of guanidine groups is 1. The number of ether oxygens (including phenoxy) is 2. The van der Waals surface area contributed by atoms with Gasteiger partial charge in [-0.05, 0) is 6.92 Å². The predicted octanol–water partition coefficient (Wildman–Crippen LogP) is -1.19. The van der Waals surface area contributed by atoms with Gasteiger partial charge < -0.3 is 20.1 Å². The smallest absolute Gasteiger partial charge is 0.273 e. The number of fused-ring (bicyclic) bond motifs is 1. The molecule has 0 saturated carbocycles. The van der Waals surface area contributed by atoms with E-state index in [0.717, 1.165) is 0 Å². The Kier molecular flexibility index (Phi) is 2.22. The molecule has 2 heterocycles. The van der Waals surface area contributed by atoms with Crippen molar-refractivity contribution in [2.45, 2.75) is 25.5 Å². The standard InChI is InChI=1S/C6H10N4O4/c1-3-2-13-4-5(14-3)8-6(7-4)9-10(11)12/h3-5H,2H2,1H3,(H2,7,8,9)/t3-,4+,5-/m1/s1. The fraction of sp³-hybridized carbons (Fsp3) is 0.833. The number of rotatable bonds is 1. The molecular weight excluding hydrogens is 192 g/mol. The summed E-state index contributed by atoms with van der Waals surface area (Å²) in [6.07, 6.45) is -0.831. The molecule has 14 heavy (non-hydrogen) atoms. The van der Waals surface area contributed by atoms with E-state index < -0.39 is 17.5 Å². The normalized spacial score (nSPS) is 38.6. The molecule has 0 aromatic carbocycles. The zero-order chi connectivity index (χ0) is 10.1. The van der Waals surface area contributed by atoms with Gasteiger partial charge in [-0.25, -0.2) is 10.1 Å². The molecule has 0 unspecified atom stereocenters. The van der Waals surface area contributed by atoms with Crippen LogP contribution in [0.25, 0.3) is 0 Å². The van der Waals surface area contributed by atoms with Crippen molar-refractivity contribution in [3.8, 4) is 0 Å². The van der Waals surface area contributed by atoms with Gasteiger partial charge in [0.1, 0.15) is 5.10 Å². The lowest BCUT2D eigenvalue weighted by molar-refractivity contribution is -0.485. The van der Waals surface area contributed by atoms with Gasteiger partial charge in [-0.15, -0.1) is 0 Å². The molecule has 2 N–H and O–H groups in total. The van der Waals surface area contributed by atoms with Crippen LogP contribution in [0.1, 0.15) is 6.92 Å². The van der Waals surface area contributed by atoms with E-state index in [4.69, 9.17) is 9.47 Å². The maximum atomic E-state index is 10.1. The van der Waals surface area contributed by atoms with E-state index in [1.807, 2.05) is 6.92 Å². The minimum Gasteiger partial charge on any atom is -0.351 e. The lowest BCUT2D eigenvalue weighted by Gasteiger charge is -2.29. The average molecular weight is 202 g/mol. The maximum absolute atomic E-state index is 10.1. The maximum Gasteiger partial charge on any atom is 0.273 e. The molecule has 2 saturated heterocycles. The van der Waals surface area contributed by atoms with Gasteiger partial charge in [0.15, 0.2) is 17.5 Å². The molecule has 3 atom stereocenters. The first-order valence-corrected chi connectivity index (χ1v) is 4.18. The van der Waals surface area contributed by atoms with E-state index in [0.29, 0.717) is 6.61 Å². The molecule has 0 aromatic rings. The summed E-state index contributed by atoms with van der Waals surface area (Å²) in [6, 6.07) is 0. The molecule has 0 amide bonds. The second-order valence-electron chi connectivity index (χ2n) is 3.10. The topological polar surface area (TPSA) is 98.0 Å². The third-order valence-electron chi connectivity index (χ3n) is 1.90. The van der Waals surface area contributed by atoms with Gasteiger partial charge in [-0.2, -0.15) is 0 Å². The molecular formula is C6H10N4O4. The highest BCUT2D eigenvalue weighted by molar-refractivity contribution is 5.81. The van der Waals surface area contributed by atoms with Crippen molar-refractivity contribution < 1.29 is 14.5 Å². The zero-order valence-corrected chi connectivity index (χ0v) is 7.47. The van der Waals surface area contributed by atoms with Crippen LogP contribution in [-0.2, 0) is 9.47 Å². The van der Waals surface area contributed by atoms with Crippen molar-refractivity contribution in [1.82, 2.24) is 10.6 Å². The number of nitrogens with zero attached hydrogens (tertiary/aromatic N) is 2. The first-order valence-electron chi connectivity index (χ1n) is 4.18. The predicted molar refractivity (Wildman–Crippen MR) is 44.8 cm³/mol. The van der Waals surface area contributed by atoms with Gasteiger partial charge in [-0.1, -0.05) is 0 Å². The minimum absolute atomic E-state index is 0.0273. The lowest BCUT2D eigenvalue weighted by atomic mass is 10.3. The highest BCUT2D eigenvalue weighted by Crippen LogP contribution is 2.14. The van der Waals surface area contributed by atoms with Crippen molar-refractivity contribution in [3.63, 3.8) is 0 Å². The second kappa shape index (κ2) is 3.39. The molecule has 0 bridgehead atoms. The highest BCUT2D eigenvalue weighted by Gasteiger charge is 2.38. The number of nitrogens with one attached hydrogen (secondary N) is 2. The summed E-state index contributed by atoms with van der Waals surface area (Å²) >= 11 is 0. The lowest BCUT2D eigenvalue weighted by Crippen LogP contribution is -2.46. The van der Waals surface area contributed by atoms with Crippen LogP contribution in [0.4, 0.5) is 0 Å².